The van der Waals surface area contributed by atoms with E-state index in [-0.39, 0.29) is 34.2 Å². The molecule has 0 aliphatic carbocycles. The first-order valence-corrected chi connectivity index (χ1v) is 14.0. The molecule has 0 fully saturated rings. The number of non-ortho nitro benzene ring substituents is 1. The highest BCUT2D eigenvalue weighted by atomic mass is 16.6. The molecule has 0 amide bonds. The minimum Gasteiger partial charge on any atom is -0.494 e. The number of hydrogen-bond donors (Lipinski definition) is 2. The van der Waals surface area contributed by atoms with Crippen LogP contribution in [0.1, 0.15) is 32.3 Å². The zero-order chi connectivity index (χ0) is 32.1. The maximum atomic E-state index is 13.9. The van der Waals surface area contributed by atoms with Gasteiger partial charge < -0.3 is 24.3 Å². The predicted molar refractivity (Wildman–Crippen MR) is 164 cm³/mol. The number of nitrogens with zero attached hydrogens (tertiary/aromatic N) is 2. The van der Waals surface area contributed by atoms with Crippen molar-refractivity contribution in [1.82, 2.24) is 15.5 Å². The topological polar surface area (TPSA) is 155 Å². The zero-order valence-corrected chi connectivity index (χ0v) is 25.0. The molecule has 1 aliphatic heterocycles. The molecule has 0 saturated heterocycles. The van der Waals surface area contributed by atoms with E-state index in [9.17, 15) is 19.7 Å². The van der Waals surface area contributed by atoms with Crippen LogP contribution in [0.15, 0.2) is 101 Å². The van der Waals surface area contributed by atoms with Crippen LogP contribution in [-0.4, -0.2) is 40.8 Å². The molecule has 1 aromatic heterocycles. The summed E-state index contributed by atoms with van der Waals surface area (Å²) in [6.45, 7) is 5.81. The Morgan fingerprint density at radius 3 is 2.27 bits per heavy atom. The van der Waals surface area contributed by atoms with Gasteiger partial charge in [0.2, 0.25) is 5.88 Å². The number of hydrogen-bond acceptors (Lipinski definition) is 10. The molecule has 4 aromatic rings. The molecule has 2 heterocycles. The summed E-state index contributed by atoms with van der Waals surface area (Å²) in [6, 6.07) is 21.5. The summed E-state index contributed by atoms with van der Waals surface area (Å²) < 4.78 is 22.4. The first kappa shape index (κ1) is 30.5. The molecule has 0 bridgehead atoms. The Balaban J connectivity index is 1.44. The molecule has 0 radical (unpaired) electrons. The van der Waals surface area contributed by atoms with E-state index in [4.69, 9.17) is 18.9 Å². The molecule has 1 atom stereocenters. The Kier molecular flexibility index (Phi) is 8.94. The number of nitro benzene ring substituents is 1. The van der Waals surface area contributed by atoms with Crippen molar-refractivity contribution in [3.63, 3.8) is 0 Å². The number of carbonyl (C=O) groups is 2. The van der Waals surface area contributed by atoms with Crippen LogP contribution in [0.25, 0.3) is 11.3 Å². The summed E-state index contributed by atoms with van der Waals surface area (Å²) in [4.78, 5) is 37.9. The number of esters is 2. The number of ether oxygens (including phenoxy) is 4. The summed E-state index contributed by atoms with van der Waals surface area (Å²) in [7, 11) is 1.22. The zero-order valence-electron chi connectivity index (χ0n) is 25.0. The van der Waals surface area contributed by atoms with Crippen LogP contribution >= 0.6 is 0 Å². The van der Waals surface area contributed by atoms with Gasteiger partial charge in [-0.25, -0.2) is 9.59 Å². The Morgan fingerprint density at radius 2 is 1.60 bits per heavy atom. The molecule has 3 aromatic carbocycles. The van der Waals surface area contributed by atoms with Crippen molar-refractivity contribution in [3.05, 3.63) is 117 Å². The number of benzene rings is 3. The largest absolute Gasteiger partial charge is 0.494 e. The SMILES string of the molecule is CCOc1ccc(-c2cc(Oc3ccccc3OC(=O)C3=C(C)NC(C)=C(C(=O)OC)C3c3cccc([N+](=O)[O-])c3)n[nH]2)cc1. The molecule has 1 unspecified atom stereocenters. The summed E-state index contributed by atoms with van der Waals surface area (Å²) in [6.07, 6.45) is 0. The molecule has 5 rings (SSSR count). The molecule has 230 valence electrons. The fourth-order valence-corrected chi connectivity index (χ4v) is 5.08. The Bertz CT molecular complexity index is 1820. The number of aromatic amines is 1. The van der Waals surface area contributed by atoms with E-state index >= 15 is 0 Å². The minimum absolute atomic E-state index is 0.0776. The summed E-state index contributed by atoms with van der Waals surface area (Å²) in [5.74, 6) is -1.20. The van der Waals surface area contributed by atoms with Crippen molar-refractivity contribution in [3.8, 4) is 34.4 Å². The first-order valence-electron chi connectivity index (χ1n) is 14.0. The maximum Gasteiger partial charge on any atom is 0.342 e. The lowest BCUT2D eigenvalue weighted by Crippen LogP contribution is -2.33. The standard InChI is InChI=1S/C33H30N4O8/c1-5-43-24-15-13-21(14-16-24)25-18-28(36-35-25)44-26-11-6-7-12-27(26)45-33(39)30-20(3)34-19(2)29(32(38)42-4)31(30)22-9-8-10-23(17-22)37(40)41/h6-18,31,34H,5H2,1-4H3,(H,35,36). The molecule has 2 N–H and O–H groups in total. The van der Waals surface area contributed by atoms with Gasteiger partial charge in [-0.2, -0.15) is 0 Å². The Hall–Kier alpha value is -5.91. The van der Waals surface area contributed by atoms with Gasteiger partial charge >= 0.3 is 11.9 Å². The summed E-state index contributed by atoms with van der Waals surface area (Å²) in [5.41, 5.74) is 2.77. The van der Waals surface area contributed by atoms with Crippen LogP contribution < -0.4 is 19.5 Å². The quantitative estimate of drug-likeness (QED) is 0.0919. The van der Waals surface area contributed by atoms with Crippen molar-refractivity contribution >= 4 is 17.6 Å². The van der Waals surface area contributed by atoms with Crippen molar-refractivity contribution in [2.75, 3.05) is 13.7 Å². The number of methoxy groups -OCH3 is 1. The molecule has 45 heavy (non-hydrogen) atoms. The van der Waals surface area contributed by atoms with Crippen molar-refractivity contribution in [2.24, 2.45) is 0 Å². The lowest BCUT2D eigenvalue weighted by atomic mass is 9.80. The molecule has 0 saturated carbocycles. The lowest BCUT2D eigenvalue weighted by Gasteiger charge is -2.30. The first-order chi connectivity index (χ1) is 21.7. The molecule has 12 heteroatoms. The van der Waals surface area contributed by atoms with E-state index in [1.807, 2.05) is 31.2 Å². The fourth-order valence-electron chi connectivity index (χ4n) is 5.08. The van der Waals surface area contributed by atoms with Gasteiger partial charge in [0.15, 0.2) is 11.5 Å². The van der Waals surface area contributed by atoms with E-state index in [1.54, 1.807) is 50.2 Å². The number of allylic oxidation sites excluding steroid dienone is 2. The van der Waals surface area contributed by atoms with E-state index in [0.29, 0.717) is 29.3 Å². The predicted octanol–water partition coefficient (Wildman–Crippen LogP) is 6.19. The van der Waals surface area contributed by atoms with E-state index in [2.05, 4.69) is 15.5 Å². The van der Waals surface area contributed by atoms with E-state index < -0.39 is 22.8 Å². The maximum absolute atomic E-state index is 13.9. The van der Waals surface area contributed by atoms with Gasteiger partial charge in [-0.3, -0.25) is 15.2 Å². The Morgan fingerprint density at radius 1 is 0.911 bits per heavy atom. The van der Waals surface area contributed by atoms with Crippen LogP contribution in [0.2, 0.25) is 0 Å². The van der Waals surface area contributed by atoms with Gasteiger partial charge in [-0.15, -0.1) is 5.10 Å². The summed E-state index contributed by atoms with van der Waals surface area (Å²) >= 11 is 0. The Labute approximate surface area is 258 Å². The van der Waals surface area contributed by atoms with E-state index in [1.165, 1.54) is 25.3 Å². The summed E-state index contributed by atoms with van der Waals surface area (Å²) in [5, 5.41) is 21.8. The monoisotopic (exact) mass is 610 g/mol. The van der Waals surface area contributed by atoms with Crippen molar-refractivity contribution < 1.29 is 33.5 Å². The van der Waals surface area contributed by atoms with Gasteiger partial charge in [0.1, 0.15) is 5.75 Å². The highest BCUT2D eigenvalue weighted by molar-refractivity contribution is 6.00. The lowest BCUT2D eigenvalue weighted by molar-refractivity contribution is -0.384. The number of para-hydroxylation sites is 2. The van der Waals surface area contributed by atoms with Crippen LogP contribution in [0, 0.1) is 10.1 Å². The van der Waals surface area contributed by atoms with Crippen molar-refractivity contribution in [1.29, 1.82) is 0 Å². The van der Waals surface area contributed by atoms with Crippen molar-refractivity contribution in [2.45, 2.75) is 26.7 Å². The highest BCUT2D eigenvalue weighted by Crippen LogP contribution is 2.41. The third kappa shape index (κ3) is 6.54. The second-order valence-electron chi connectivity index (χ2n) is 9.99. The van der Waals surface area contributed by atoms with Gasteiger partial charge in [-0.1, -0.05) is 24.3 Å². The molecular weight excluding hydrogens is 580 g/mol. The van der Waals surface area contributed by atoms with Gasteiger partial charge in [-0.05, 0) is 68.3 Å². The minimum atomic E-state index is -1.01. The van der Waals surface area contributed by atoms with Gasteiger partial charge in [0.25, 0.3) is 5.69 Å². The third-order valence-corrected chi connectivity index (χ3v) is 7.10. The number of carbonyl (C=O) groups excluding carboxylic acids is 2. The highest BCUT2D eigenvalue weighted by Gasteiger charge is 2.38. The fraction of sp³-hybridized carbons (Fsp3) is 0.182. The second-order valence-corrected chi connectivity index (χ2v) is 9.99. The average molecular weight is 611 g/mol. The van der Waals surface area contributed by atoms with Crippen LogP contribution in [0.3, 0.4) is 0 Å². The number of H-pyrrole nitrogens is 1. The van der Waals surface area contributed by atoms with Gasteiger partial charge in [0.05, 0.1) is 41.4 Å². The normalized spacial score (nSPS) is 14.4. The number of nitro groups is 1. The average Bonchev–Trinajstić information content (AvgIpc) is 3.50. The third-order valence-electron chi connectivity index (χ3n) is 7.10. The molecule has 1 aliphatic rings. The van der Waals surface area contributed by atoms with Crippen LogP contribution in [0.4, 0.5) is 5.69 Å². The van der Waals surface area contributed by atoms with Crippen LogP contribution in [-0.2, 0) is 14.3 Å². The van der Waals surface area contributed by atoms with E-state index in [0.717, 1.165) is 11.3 Å². The van der Waals surface area contributed by atoms with Crippen LogP contribution in [0.5, 0.6) is 23.1 Å². The molecule has 12 nitrogen and oxygen atoms in total. The number of rotatable bonds is 10. The molecule has 0 spiro atoms. The number of aromatic nitrogens is 2. The number of dihydropyridines is 1. The smallest absolute Gasteiger partial charge is 0.342 e. The molecular formula is C33H30N4O8. The number of nitrogens with one attached hydrogen (secondary N) is 2. The second kappa shape index (κ2) is 13.2. The van der Waals surface area contributed by atoms with Gasteiger partial charge in [0, 0.05) is 29.6 Å².